The predicted octanol–water partition coefficient (Wildman–Crippen LogP) is 5.98. The SMILES string of the molecule is O=C(O)c1ccc(Cl)c(C(O)c2cc3c(F)cc(C4CC4)cc3n2S(=O)(=O)c2ccccc2)c1Cl. The first-order chi connectivity index (χ1) is 16.6. The van der Waals surface area contributed by atoms with Crippen molar-refractivity contribution in [2.45, 2.75) is 29.8 Å². The molecule has 1 aliphatic rings. The Balaban J connectivity index is 1.83. The molecule has 1 atom stereocenters. The number of aromatic carboxylic acids is 1. The Hall–Kier alpha value is -2.91. The molecule has 1 heterocycles. The molecule has 1 aromatic heterocycles. The summed E-state index contributed by atoms with van der Waals surface area (Å²) in [5.74, 6) is -1.84. The van der Waals surface area contributed by atoms with E-state index in [4.69, 9.17) is 23.2 Å². The molecule has 0 aliphatic heterocycles. The van der Waals surface area contributed by atoms with Crippen LogP contribution in [0.2, 0.25) is 10.0 Å². The minimum Gasteiger partial charge on any atom is -0.478 e. The van der Waals surface area contributed by atoms with E-state index in [9.17, 15) is 23.4 Å². The number of halogens is 3. The average molecular weight is 534 g/mol. The number of rotatable bonds is 6. The van der Waals surface area contributed by atoms with Gasteiger partial charge in [0.2, 0.25) is 0 Å². The second-order valence-corrected chi connectivity index (χ2v) is 11.0. The van der Waals surface area contributed by atoms with Gasteiger partial charge in [0, 0.05) is 16.0 Å². The molecule has 5 rings (SSSR count). The highest BCUT2D eigenvalue weighted by molar-refractivity contribution is 7.90. The van der Waals surface area contributed by atoms with Crippen LogP contribution in [0.5, 0.6) is 0 Å². The fourth-order valence-corrected chi connectivity index (χ4v) is 6.43. The topological polar surface area (TPSA) is 96.6 Å². The Kier molecular flexibility index (Phi) is 5.88. The lowest BCUT2D eigenvalue weighted by Crippen LogP contribution is -2.19. The van der Waals surface area contributed by atoms with Crippen molar-refractivity contribution in [3.63, 3.8) is 0 Å². The minimum atomic E-state index is -4.31. The van der Waals surface area contributed by atoms with Crippen molar-refractivity contribution in [3.05, 3.63) is 98.9 Å². The first-order valence-corrected chi connectivity index (χ1v) is 12.9. The molecule has 0 spiro atoms. The molecule has 0 saturated heterocycles. The maximum Gasteiger partial charge on any atom is 0.337 e. The lowest BCUT2D eigenvalue weighted by atomic mass is 10.0. The van der Waals surface area contributed by atoms with E-state index >= 15 is 4.39 Å². The summed E-state index contributed by atoms with van der Waals surface area (Å²) in [4.78, 5) is 11.5. The van der Waals surface area contributed by atoms with Crippen LogP contribution < -0.4 is 0 Å². The molecule has 35 heavy (non-hydrogen) atoms. The number of aliphatic hydroxyl groups excluding tert-OH is 1. The van der Waals surface area contributed by atoms with Gasteiger partial charge in [0.1, 0.15) is 11.9 Å². The number of benzene rings is 3. The molecule has 0 amide bonds. The zero-order chi connectivity index (χ0) is 25.1. The van der Waals surface area contributed by atoms with Crippen molar-refractivity contribution in [2.24, 2.45) is 0 Å². The molecule has 2 N–H and O–H groups in total. The van der Waals surface area contributed by atoms with Crippen LogP contribution in [0.15, 0.2) is 65.6 Å². The number of nitrogens with zero attached hydrogens (tertiary/aromatic N) is 1. The highest BCUT2D eigenvalue weighted by Crippen LogP contribution is 2.44. The van der Waals surface area contributed by atoms with Crippen molar-refractivity contribution in [1.82, 2.24) is 3.97 Å². The first kappa shape index (κ1) is 23.8. The Bertz CT molecular complexity index is 1600. The number of aliphatic hydroxyl groups is 1. The van der Waals surface area contributed by atoms with Gasteiger partial charge < -0.3 is 10.2 Å². The summed E-state index contributed by atoms with van der Waals surface area (Å²) in [5.41, 5.74) is 0.000312. The molecule has 3 aromatic carbocycles. The Labute approximate surface area is 210 Å². The van der Waals surface area contributed by atoms with Crippen LogP contribution in [0.25, 0.3) is 10.9 Å². The van der Waals surface area contributed by atoms with Crippen LogP contribution in [0.4, 0.5) is 4.39 Å². The van der Waals surface area contributed by atoms with Gasteiger partial charge in [-0.3, -0.25) is 0 Å². The summed E-state index contributed by atoms with van der Waals surface area (Å²) in [5, 5.41) is 20.4. The molecule has 0 bridgehead atoms. The fraction of sp³-hybridized carbons (Fsp3) is 0.160. The van der Waals surface area contributed by atoms with E-state index in [1.807, 2.05) is 0 Å². The van der Waals surface area contributed by atoms with E-state index in [0.29, 0.717) is 5.56 Å². The van der Waals surface area contributed by atoms with Gasteiger partial charge in [-0.25, -0.2) is 21.6 Å². The van der Waals surface area contributed by atoms with Crippen LogP contribution in [0, 0.1) is 5.82 Å². The molecule has 1 fully saturated rings. The van der Waals surface area contributed by atoms with Gasteiger partial charge in [-0.2, -0.15) is 0 Å². The summed E-state index contributed by atoms with van der Waals surface area (Å²) in [6.45, 7) is 0. The van der Waals surface area contributed by atoms with Gasteiger partial charge in [0.15, 0.2) is 0 Å². The number of carbonyl (C=O) groups is 1. The lowest BCUT2D eigenvalue weighted by Gasteiger charge is -2.19. The third kappa shape index (κ3) is 4.00. The third-order valence-corrected chi connectivity index (χ3v) is 8.61. The van der Waals surface area contributed by atoms with Crippen LogP contribution in [0.3, 0.4) is 0 Å². The number of aromatic nitrogens is 1. The smallest absolute Gasteiger partial charge is 0.337 e. The summed E-state index contributed by atoms with van der Waals surface area (Å²) in [6, 6.07) is 14.2. The summed E-state index contributed by atoms with van der Waals surface area (Å²) < 4.78 is 43.7. The molecule has 1 saturated carbocycles. The second kappa shape index (κ2) is 8.64. The van der Waals surface area contributed by atoms with Gasteiger partial charge in [0.25, 0.3) is 10.0 Å². The lowest BCUT2D eigenvalue weighted by molar-refractivity contribution is 0.0696. The Morgan fingerprint density at radius 2 is 1.74 bits per heavy atom. The van der Waals surface area contributed by atoms with Crippen LogP contribution >= 0.6 is 23.2 Å². The molecular formula is C25H18Cl2FNO5S. The Morgan fingerprint density at radius 3 is 2.37 bits per heavy atom. The summed E-state index contributed by atoms with van der Waals surface area (Å²) in [6.07, 6.45) is -0.0246. The minimum absolute atomic E-state index is 0.00964. The monoisotopic (exact) mass is 533 g/mol. The van der Waals surface area contributed by atoms with E-state index in [0.717, 1.165) is 16.8 Å². The van der Waals surface area contributed by atoms with Crippen molar-refractivity contribution in [2.75, 3.05) is 0 Å². The first-order valence-electron chi connectivity index (χ1n) is 10.7. The number of hydrogen-bond donors (Lipinski definition) is 2. The van der Waals surface area contributed by atoms with Gasteiger partial charge in [0.05, 0.1) is 26.7 Å². The third-order valence-electron chi connectivity index (χ3n) is 6.12. The van der Waals surface area contributed by atoms with E-state index < -0.39 is 27.9 Å². The molecule has 1 aliphatic carbocycles. The second-order valence-electron chi connectivity index (χ2n) is 8.39. The van der Waals surface area contributed by atoms with E-state index in [2.05, 4.69) is 0 Å². The largest absolute Gasteiger partial charge is 0.478 e. The number of carboxylic acid groups (broad SMARTS) is 1. The zero-order valence-corrected chi connectivity index (χ0v) is 20.3. The average Bonchev–Trinajstić information content (AvgIpc) is 3.59. The number of fused-ring (bicyclic) bond motifs is 1. The van der Waals surface area contributed by atoms with Crippen molar-refractivity contribution < 1.29 is 27.8 Å². The van der Waals surface area contributed by atoms with E-state index in [1.165, 1.54) is 36.4 Å². The van der Waals surface area contributed by atoms with Gasteiger partial charge in [-0.1, -0.05) is 41.4 Å². The van der Waals surface area contributed by atoms with Gasteiger partial charge in [-0.15, -0.1) is 0 Å². The zero-order valence-electron chi connectivity index (χ0n) is 18.0. The van der Waals surface area contributed by atoms with Crippen LogP contribution in [-0.2, 0) is 10.0 Å². The molecule has 4 aromatic rings. The molecule has 10 heteroatoms. The van der Waals surface area contributed by atoms with Gasteiger partial charge in [-0.05, 0) is 66.8 Å². The van der Waals surface area contributed by atoms with Crippen LogP contribution in [-0.4, -0.2) is 28.6 Å². The van der Waals surface area contributed by atoms with Crippen molar-refractivity contribution >= 4 is 50.1 Å². The molecule has 180 valence electrons. The maximum absolute atomic E-state index is 15.2. The number of carboxylic acids is 1. The summed E-state index contributed by atoms with van der Waals surface area (Å²) >= 11 is 12.6. The highest BCUT2D eigenvalue weighted by Gasteiger charge is 2.33. The standard InChI is InChI=1S/C25H18Cl2FNO5S/c26-18-9-8-16(25(31)32)23(27)22(18)24(30)21-12-17-19(28)10-14(13-6-7-13)11-20(17)29(21)35(33,34)15-4-2-1-3-5-15/h1-5,8-13,24,30H,6-7H2,(H,31,32). The maximum atomic E-state index is 15.2. The quantitative estimate of drug-likeness (QED) is 0.317. The van der Waals surface area contributed by atoms with Crippen molar-refractivity contribution in [1.29, 1.82) is 0 Å². The molecule has 0 radical (unpaired) electrons. The van der Waals surface area contributed by atoms with E-state index in [-0.39, 0.29) is 48.6 Å². The molecular weight excluding hydrogens is 516 g/mol. The van der Waals surface area contributed by atoms with Crippen LogP contribution in [0.1, 0.15) is 52.0 Å². The molecule has 6 nitrogen and oxygen atoms in total. The summed E-state index contributed by atoms with van der Waals surface area (Å²) in [7, 11) is -4.31. The normalized spacial score (nSPS) is 14.9. The highest BCUT2D eigenvalue weighted by atomic mass is 35.5. The fourth-order valence-electron chi connectivity index (χ4n) is 4.22. The molecule has 1 unspecified atom stereocenters. The predicted molar refractivity (Wildman–Crippen MR) is 130 cm³/mol. The van der Waals surface area contributed by atoms with Gasteiger partial charge >= 0.3 is 5.97 Å². The number of hydrogen-bond acceptors (Lipinski definition) is 4. The van der Waals surface area contributed by atoms with E-state index in [1.54, 1.807) is 24.3 Å². The van der Waals surface area contributed by atoms with Crippen molar-refractivity contribution in [3.8, 4) is 0 Å². The Morgan fingerprint density at radius 1 is 1.06 bits per heavy atom.